The van der Waals surface area contributed by atoms with Gasteiger partial charge in [0.05, 0.1) is 13.2 Å². The van der Waals surface area contributed by atoms with Crippen LogP contribution in [0.3, 0.4) is 0 Å². The van der Waals surface area contributed by atoms with Gasteiger partial charge in [0.15, 0.2) is 0 Å². The van der Waals surface area contributed by atoms with Gasteiger partial charge in [-0.25, -0.2) is 4.57 Å². The Morgan fingerprint density at radius 3 is 1.23 bits per heavy atom. The number of hydrogen-bond acceptors (Lipinski definition) is 5. The predicted octanol–water partition coefficient (Wildman–Crippen LogP) is 10.7. The van der Waals surface area contributed by atoms with E-state index in [0.717, 1.165) is 31.7 Å². The fourth-order valence-electron chi connectivity index (χ4n) is 4.41. The van der Waals surface area contributed by atoms with Crippen molar-refractivity contribution in [2.45, 2.75) is 156 Å². The first-order valence-corrected chi connectivity index (χ1v) is 18.6. The summed E-state index contributed by atoms with van der Waals surface area (Å²) in [5, 5.41) is 3.58. The second-order valence-electron chi connectivity index (χ2n) is 9.94. The number of rotatable bonds is 30. The Morgan fingerprint density at radius 1 is 0.514 bits per heavy atom. The molecule has 6 heteroatoms. The Balaban J connectivity index is 3.18. The minimum Gasteiger partial charge on any atom is -0.317 e. The Bertz CT molecular complexity index is 444. The summed E-state index contributed by atoms with van der Waals surface area (Å²) in [6.07, 6.45) is 29.2. The minimum absolute atomic E-state index is 0.438. The molecule has 0 spiro atoms. The van der Waals surface area contributed by atoms with Crippen molar-refractivity contribution in [1.82, 2.24) is 5.32 Å². The molecule has 0 heterocycles. The van der Waals surface area contributed by atoms with E-state index in [1.54, 1.807) is 0 Å². The molecular formula is C29H62NO3PS. The van der Waals surface area contributed by atoms with Gasteiger partial charge in [0, 0.05) is 5.75 Å². The molecule has 0 aliphatic heterocycles. The van der Waals surface area contributed by atoms with Gasteiger partial charge in [-0.15, -0.1) is 0 Å². The van der Waals surface area contributed by atoms with Gasteiger partial charge < -0.3 is 14.4 Å². The maximum absolute atomic E-state index is 12.3. The van der Waals surface area contributed by atoms with Gasteiger partial charge in [-0.1, -0.05) is 122 Å². The summed E-state index contributed by atoms with van der Waals surface area (Å²) in [5.74, 6) is 0.844. The Labute approximate surface area is 224 Å². The zero-order chi connectivity index (χ0) is 25.7. The van der Waals surface area contributed by atoms with Gasteiger partial charge >= 0.3 is 6.80 Å². The lowest BCUT2D eigenvalue weighted by molar-refractivity contribution is 0.237. The van der Waals surface area contributed by atoms with Crippen LogP contribution >= 0.6 is 18.2 Å². The van der Waals surface area contributed by atoms with Crippen LogP contribution in [0.1, 0.15) is 156 Å². The first-order chi connectivity index (χ1) is 17.2. The lowest BCUT2D eigenvalue weighted by Gasteiger charge is -2.15. The van der Waals surface area contributed by atoms with Crippen molar-refractivity contribution in [1.29, 1.82) is 0 Å². The third-order valence-corrected chi connectivity index (χ3v) is 10.6. The third-order valence-electron chi connectivity index (χ3n) is 6.53. The largest absolute Gasteiger partial charge is 0.389 e. The number of unbranched alkanes of at least 4 members (excludes halogenated alkanes) is 19. The first-order valence-electron chi connectivity index (χ1n) is 15.4. The van der Waals surface area contributed by atoms with Crippen LogP contribution in [-0.4, -0.2) is 32.1 Å². The maximum Gasteiger partial charge on any atom is 0.389 e. The van der Waals surface area contributed by atoms with E-state index in [9.17, 15) is 4.57 Å². The zero-order valence-electron chi connectivity index (χ0n) is 24.0. The van der Waals surface area contributed by atoms with Crippen LogP contribution in [0.5, 0.6) is 0 Å². The molecule has 0 aromatic carbocycles. The van der Waals surface area contributed by atoms with Crippen LogP contribution < -0.4 is 5.32 Å². The van der Waals surface area contributed by atoms with E-state index in [-0.39, 0.29) is 0 Å². The van der Waals surface area contributed by atoms with Crippen molar-refractivity contribution in [3.05, 3.63) is 0 Å². The van der Waals surface area contributed by atoms with Crippen LogP contribution in [-0.2, 0) is 13.6 Å². The van der Waals surface area contributed by atoms with E-state index in [4.69, 9.17) is 9.05 Å². The maximum atomic E-state index is 12.3. The van der Waals surface area contributed by atoms with Crippen LogP contribution in [0, 0.1) is 0 Å². The summed E-state index contributed by atoms with van der Waals surface area (Å²) in [7, 11) is 0. The van der Waals surface area contributed by atoms with Gasteiger partial charge in [0.25, 0.3) is 0 Å². The van der Waals surface area contributed by atoms with Crippen molar-refractivity contribution in [3.8, 4) is 0 Å². The lowest BCUT2D eigenvalue weighted by atomic mass is 10.0. The van der Waals surface area contributed by atoms with Gasteiger partial charge in [-0.2, -0.15) is 0 Å². The molecule has 0 aliphatic carbocycles. The van der Waals surface area contributed by atoms with Crippen molar-refractivity contribution in [2.75, 3.05) is 32.1 Å². The molecule has 35 heavy (non-hydrogen) atoms. The molecule has 0 rings (SSSR count). The van der Waals surface area contributed by atoms with E-state index in [2.05, 4.69) is 12.2 Å². The van der Waals surface area contributed by atoms with Gasteiger partial charge in [0.1, 0.15) is 0 Å². The van der Waals surface area contributed by atoms with E-state index in [1.165, 1.54) is 133 Å². The monoisotopic (exact) mass is 535 g/mol. The Hall–Kier alpha value is 0.460. The molecule has 0 radical (unpaired) electrons. The summed E-state index contributed by atoms with van der Waals surface area (Å²) >= 11 is 1.36. The molecule has 0 fully saturated rings. The van der Waals surface area contributed by atoms with Crippen molar-refractivity contribution in [2.24, 2.45) is 0 Å². The predicted molar refractivity (Wildman–Crippen MR) is 159 cm³/mol. The minimum atomic E-state index is -2.92. The van der Waals surface area contributed by atoms with E-state index in [1.807, 2.05) is 13.8 Å². The molecule has 4 nitrogen and oxygen atoms in total. The smallest absolute Gasteiger partial charge is 0.317 e. The highest BCUT2D eigenvalue weighted by molar-refractivity contribution is 8.55. The highest BCUT2D eigenvalue weighted by Crippen LogP contribution is 2.60. The molecule has 0 bridgehead atoms. The van der Waals surface area contributed by atoms with Gasteiger partial charge in [0.2, 0.25) is 0 Å². The summed E-state index contributed by atoms with van der Waals surface area (Å²) in [6, 6.07) is 0. The van der Waals surface area contributed by atoms with E-state index >= 15 is 0 Å². The molecule has 1 N–H and O–H groups in total. The molecule has 0 aromatic rings. The molecule has 0 aromatic heterocycles. The first kappa shape index (κ1) is 35.5. The number of hydrogen-bond donors (Lipinski definition) is 1. The summed E-state index contributed by atoms with van der Waals surface area (Å²) in [4.78, 5) is 0. The average molecular weight is 536 g/mol. The fourth-order valence-corrected chi connectivity index (χ4v) is 7.96. The summed E-state index contributed by atoms with van der Waals surface area (Å²) < 4.78 is 23.0. The lowest BCUT2D eigenvalue weighted by Crippen LogP contribution is -2.16. The Morgan fingerprint density at radius 2 is 0.857 bits per heavy atom. The molecule has 0 aliphatic rings. The fraction of sp³-hybridized carbons (Fsp3) is 1.00. The van der Waals surface area contributed by atoms with E-state index < -0.39 is 6.80 Å². The summed E-state index contributed by atoms with van der Waals surface area (Å²) in [5.41, 5.74) is 0. The molecule has 0 atom stereocenters. The highest BCUT2D eigenvalue weighted by Gasteiger charge is 2.23. The SMILES string of the molecule is CCCCCCCCCCCCCCCCCCCCNCCCCCSP(=O)(OCC)OCC. The second-order valence-corrected chi connectivity index (χ2v) is 14.1. The molecule has 212 valence electrons. The van der Waals surface area contributed by atoms with Crippen LogP contribution in [0.25, 0.3) is 0 Å². The molecule has 0 amide bonds. The Kier molecular flexibility index (Phi) is 29.4. The quantitative estimate of drug-likeness (QED) is 0.0732. The topological polar surface area (TPSA) is 47.6 Å². The molecule has 0 saturated carbocycles. The van der Waals surface area contributed by atoms with Gasteiger partial charge in [-0.05, 0) is 57.6 Å². The van der Waals surface area contributed by atoms with Crippen LogP contribution in [0.4, 0.5) is 0 Å². The standard InChI is InChI=1S/C29H62NO3PS/c1-4-7-8-9-10-11-12-13-14-15-16-17-18-19-20-21-22-24-27-30-28-25-23-26-29-35-34(31,32-5-2)33-6-3/h30H,4-29H2,1-3H3. The summed E-state index contributed by atoms with van der Waals surface area (Å²) in [6.45, 7) is 6.22. The van der Waals surface area contributed by atoms with Gasteiger partial charge in [-0.3, -0.25) is 0 Å². The van der Waals surface area contributed by atoms with Crippen molar-refractivity contribution >= 4 is 18.2 Å². The normalized spacial score (nSPS) is 12.0. The third kappa shape index (κ3) is 27.3. The average Bonchev–Trinajstić information content (AvgIpc) is 2.84. The molecular weight excluding hydrogens is 473 g/mol. The van der Waals surface area contributed by atoms with Crippen molar-refractivity contribution in [3.63, 3.8) is 0 Å². The van der Waals surface area contributed by atoms with E-state index in [0.29, 0.717) is 13.2 Å². The second kappa shape index (κ2) is 29.0. The van der Waals surface area contributed by atoms with Crippen molar-refractivity contribution < 1.29 is 13.6 Å². The molecule has 0 saturated heterocycles. The zero-order valence-corrected chi connectivity index (χ0v) is 25.7. The van der Waals surface area contributed by atoms with Crippen LogP contribution in [0.2, 0.25) is 0 Å². The highest BCUT2D eigenvalue weighted by atomic mass is 32.7. The van der Waals surface area contributed by atoms with Crippen LogP contribution in [0.15, 0.2) is 0 Å². The number of nitrogens with one attached hydrogen (secondary N) is 1. The molecule has 0 unspecified atom stereocenters.